The second kappa shape index (κ2) is 7.63. The number of esters is 1. The lowest BCUT2D eigenvalue weighted by atomic mass is 10.3. The summed E-state index contributed by atoms with van der Waals surface area (Å²) in [6, 6.07) is 9.26. The van der Waals surface area contributed by atoms with Gasteiger partial charge in [-0.2, -0.15) is 5.10 Å². The van der Waals surface area contributed by atoms with Crippen molar-refractivity contribution in [1.82, 2.24) is 15.1 Å². The maximum atomic E-state index is 12.3. The van der Waals surface area contributed by atoms with Gasteiger partial charge in [0, 0.05) is 6.04 Å². The first-order chi connectivity index (χ1) is 11.4. The van der Waals surface area contributed by atoms with Gasteiger partial charge >= 0.3 is 5.97 Å². The molecule has 0 bridgehead atoms. The van der Waals surface area contributed by atoms with Crippen LogP contribution in [-0.4, -0.2) is 40.9 Å². The van der Waals surface area contributed by atoms with Crippen molar-refractivity contribution in [2.24, 2.45) is 0 Å². The number of carbonyl (C=O) groups is 2. The first kappa shape index (κ1) is 17.5. The van der Waals surface area contributed by atoms with Crippen LogP contribution in [0.25, 0.3) is 5.69 Å². The number of aromatic nitrogens is 2. The van der Waals surface area contributed by atoms with Crippen molar-refractivity contribution in [3.05, 3.63) is 42.2 Å². The Kier molecular flexibility index (Phi) is 5.57. The number of rotatable bonds is 6. The van der Waals surface area contributed by atoms with E-state index in [4.69, 9.17) is 9.47 Å². The Bertz CT molecular complexity index is 710. The van der Waals surface area contributed by atoms with Gasteiger partial charge in [0.1, 0.15) is 0 Å². The third-order valence-electron chi connectivity index (χ3n) is 3.20. The zero-order valence-electron chi connectivity index (χ0n) is 14.1. The fraction of sp³-hybridized carbons (Fsp3) is 0.353. The summed E-state index contributed by atoms with van der Waals surface area (Å²) >= 11 is 0. The third kappa shape index (κ3) is 4.13. The van der Waals surface area contributed by atoms with Gasteiger partial charge in [0.15, 0.2) is 11.9 Å². The van der Waals surface area contributed by atoms with Crippen LogP contribution in [0.5, 0.6) is 5.75 Å². The van der Waals surface area contributed by atoms with Crippen molar-refractivity contribution >= 4 is 11.9 Å². The van der Waals surface area contributed by atoms with E-state index in [1.54, 1.807) is 6.20 Å². The van der Waals surface area contributed by atoms with Crippen LogP contribution >= 0.6 is 0 Å². The number of methoxy groups -OCH3 is 1. The van der Waals surface area contributed by atoms with Gasteiger partial charge in [-0.3, -0.25) is 4.79 Å². The average molecular weight is 331 g/mol. The van der Waals surface area contributed by atoms with Crippen molar-refractivity contribution in [2.45, 2.75) is 32.9 Å². The summed E-state index contributed by atoms with van der Waals surface area (Å²) in [5, 5.41) is 6.90. The SMILES string of the molecule is COc1cn(-c2ccccc2)nc1C(=O)O[C@H](C)C(=O)NC(C)C. The Morgan fingerprint density at radius 2 is 1.83 bits per heavy atom. The van der Waals surface area contributed by atoms with Gasteiger partial charge in [0.05, 0.1) is 19.0 Å². The lowest BCUT2D eigenvalue weighted by Crippen LogP contribution is -2.39. The highest BCUT2D eigenvalue weighted by Crippen LogP contribution is 2.20. The molecule has 1 amide bonds. The fourth-order valence-electron chi connectivity index (χ4n) is 2.03. The van der Waals surface area contributed by atoms with E-state index >= 15 is 0 Å². The minimum atomic E-state index is -0.925. The van der Waals surface area contributed by atoms with Gasteiger partial charge < -0.3 is 14.8 Å². The maximum absolute atomic E-state index is 12.3. The van der Waals surface area contributed by atoms with Crippen LogP contribution in [0.2, 0.25) is 0 Å². The zero-order valence-corrected chi connectivity index (χ0v) is 14.1. The lowest BCUT2D eigenvalue weighted by Gasteiger charge is -2.14. The summed E-state index contributed by atoms with van der Waals surface area (Å²) in [6.07, 6.45) is 0.664. The monoisotopic (exact) mass is 331 g/mol. The molecule has 128 valence electrons. The summed E-state index contributed by atoms with van der Waals surface area (Å²) in [6.45, 7) is 5.17. The Hall–Kier alpha value is -2.83. The van der Waals surface area contributed by atoms with Crippen molar-refractivity contribution in [3.63, 3.8) is 0 Å². The van der Waals surface area contributed by atoms with Crippen molar-refractivity contribution < 1.29 is 19.1 Å². The summed E-state index contributed by atoms with van der Waals surface area (Å²) in [7, 11) is 1.44. The van der Waals surface area contributed by atoms with E-state index < -0.39 is 12.1 Å². The number of ether oxygens (including phenoxy) is 2. The Labute approximate surface area is 140 Å². The molecule has 0 saturated heterocycles. The highest BCUT2D eigenvalue weighted by atomic mass is 16.6. The molecule has 1 aromatic carbocycles. The molecular formula is C17H21N3O4. The molecule has 7 heteroatoms. The molecule has 1 aromatic heterocycles. The molecule has 0 spiro atoms. The molecule has 24 heavy (non-hydrogen) atoms. The number of amides is 1. The van der Waals surface area contributed by atoms with Crippen LogP contribution in [0, 0.1) is 0 Å². The van der Waals surface area contributed by atoms with E-state index in [0.717, 1.165) is 5.69 Å². The second-order valence-corrected chi connectivity index (χ2v) is 5.54. The third-order valence-corrected chi connectivity index (χ3v) is 3.20. The summed E-state index contributed by atoms with van der Waals surface area (Å²) < 4.78 is 11.9. The predicted octanol–water partition coefficient (Wildman–Crippen LogP) is 1.95. The average Bonchev–Trinajstić information content (AvgIpc) is 2.99. The highest BCUT2D eigenvalue weighted by molar-refractivity contribution is 5.92. The van der Waals surface area contributed by atoms with E-state index in [1.165, 1.54) is 18.7 Å². The van der Waals surface area contributed by atoms with Crippen LogP contribution in [0.3, 0.4) is 0 Å². The molecule has 0 radical (unpaired) electrons. The van der Waals surface area contributed by atoms with Crippen molar-refractivity contribution in [2.75, 3.05) is 7.11 Å². The molecule has 1 heterocycles. The Morgan fingerprint density at radius 1 is 1.17 bits per heavy atom. The van der Waals surface area contributed by atoms with E-state index in [1.807, 2.05) is 44.2 Å². The Balaban J connectivity index is 2.17. The highest BCUT2D eigenvalue weighted by Gasteiger charge is 2.25. The maximum Gasteiger partial charge on any atom is 0.363 e. The van der Waals surface area contributed by atoms with Crippen molar-refractivity contribution in [3.8, 4) is 11.4 Å². The molecular weight excluding hydrogens is 310 g/mol. The van der Waals surface area contributed by atoms with Crippen LogP contribution in [0.1, 0.15) is 31.3 Å². The quantitative estimate of drug-likeness (QED) is 0.818. The molecule has 0 aliphatic rings. The topological polar surface area (TPSA) is 82.5 Å². The fourth-order valence-corrected chi connectivity index (χ4v) is 2.03. The number of nitrogens with zero attached hydrogens (tertiary/aromatic N) is 2. The number of benzene rings is 1. The minimum absolute atomic E-state index is 0.0190. The van der Waals surface area contributed by atoms with Crippen LogP contribution in [0.4, 0.5) is 0 Å². The second-order valence-electron chi connectivity index (χ2n) is 5.54. The van der Waals surface area contributed by atoms with E-state index in [-0.39, 0.29) is 23.4 Å². The normalized spacial score (nSPS) is 11.9. The Morgan fingerprint density at radius 3 is 2.42 bits per heavy atom. The van der Waals surface area contributed by atoms with Gasteiger partial charge in [-0.15, -0.1) is 0 Å². The molecule has 0 aliphatic carbocycles. The molecule has 0 fully saturated rings. The minimum Gasteiger partial charge on any atom is -0.493 e. The number of hydrogen-bond donors (Lipinski definition) is 1. The molecule has 2 rings (SSSR count). The first-order valence-corrected chi connectivity index (χ1v) is 7.62. The summed E-state index contributed by atoms with van der Waals surface area (Å²) in [5.74, 6) is -0.798. The smallest absolute Gasteiger partial charge is 0.363 e. The standard InChI is InChI=1S/C17H21N3O4/c1-11(2)18-16(21)12(3)24-17(22)15-14(23-4)10-20(19-15)13-8-6-5-7-9-13/h5-12H,1-4H3,(H,18,21)/t12-/m1/s1. The molecule has 0 saturated carbocycles. The van der Waals surface area contributed by atoms with Gasteiger partial charge in [-0.05, 0) is 32.9 Å². The summed E-state index contributed by atoms with van der Waals surface area (Å²) in [5.41, 5.74) is 0.797. The van der Waals surface area contributed by atoms with Gasteiger partial charge in [0.2, 0.25) is 5.69 Å². The predicted molar refractivity (Wildman–Crippen MR) is 88.3 cm³/mol. The van der Waals surface area contributed by atoms with Gasteiger partial charge in [0.25, 0.3) is 5.91 Å². The van der Waals surface area contributed by atoms with E-state index in [2.05, 4.69) is 10.4 Å². The molecule has 2 aromatic rings. The first-order valence-electron chi connectivity index (χ1n) is 7.62. The molecule has 0 aliphatic heterocycles. The summed E-state index contributed by atoms with van der Waals surface area (Å²) in [4.78, 5) is 24.2. The lowest BCUT2D eigenvalue weighted by molar-refractivity contribution is -0.129. The molecule has 0 unspecified atom stereocenters. The number of para-hydroxylation sites is 1. The largest absolute Gasteiger partial charge is 0.493 e. The van der Waals surface area contributed by atoms with Crippen LogP contribution in [-0.2, 0) is 9.53 Å². The molecule has 7 nitrogen and oxygen atoms in total. The van der Waals surface area contributed by atoms with Crippen molar-refractivity contribution in [1.29, 1.82) is 0 Å². The van der Waals surface area contributed by atoms with E-state index in [0.29, 0.717) is 0 Å². The van der Waals surface area contributed by atoms with E-state index in [9.17, 15) is 9.59 Å². The number of nitrogens with one attached hydrogen (secondary N) is 1. The zero-order chi connectivity index (χ0) is 17.7. The number of hydrogen-bond acceptors (Lipinski definition) is 5. The number of carbonyl (C=O) groups excluding carboxylic acids is 2. The van der Waals surface area contributed by atoms with Gasteiger partial charge in [-0.25, -0.2) is 9.48 Å². The van der Waals surface area contributed by atoms with Crippen LogP contribution in [0.15, 0.2) is 36.5 Å². The molecule has 1 N–H and O–H groups in total. The molecule has 1 atom stereocenters. The van der Waals surface area contributed by atoms with Crippen LogP contribution < -0.4 is 10.1 Å². The van der Waals surface area contributed by atoms with Gasteiger partial charge in [-0.1, -0.05) is 18.2 Å².